The number of hydrogen-bond acceptors (Lipinski definition) is 2. The molecule has 0 bridgehead atoms. The first-order chi connectivity index (χ1) is 8.59. The molecule has 2 N–H and O–H groups in total. The lowest BCUT2D eigenvalue weighted by Crippen LogP contribution is -2.54. The Kier molecular flexibility index (Phi) is 2.96. The highest BCUT2D eigenvalue weighted by molar-refractivity contribution is 5.63. The molecule has 0 unspecified atom stereocenters. The molecule has 2 rings (SSSR count). The van der Waals surface area contributed by atoms with Crippen LogP contribution in [0.2, 0.25) is 0 Å². The molecular weight excluding hydrogens is 276 g/mol. The van der Waals surface area contributed by atoms with Crippen molar-refractivity contribution in [2.75, 3.05) is 11.9 Å². The van der Waals surface area contributed by atoms with Crippen molar-refractivity contribution in [1.29, 1.82) is 0 Å². The summed E-state index contributed by atoms with van der Waals surface area (Å²) in [5, 5.41) is 11.8. The van der Waals surface area contributed by atoms with E-state index in [0.29, 0.717) is 18.1 Å². The van der Waals surface area contributed by atoms with Crippen molar-refractivity contribution in [3.05, 3.63) is 29.3 Å². The third-order valence-electron chi connectivity index (χ3n) is 3.06. The van der Waals surface area contributed by atoms with Gasteiger partial charge in [-0.3, -0.25) is 0 Å². The van der Waals surface area contributed by atoms with E-state index in [1.54, 1.807) is 0 Å². The van der Waals surface area contributed by atoms with E-state index < -0.39 is 23.5 Å². The Bertz CT molecular complexity index is 479. The van der Waals surface area contributed by atoms with Gasteiger partial charge in [-0.15, -0.1) is 0 Å². The van der Waals surface area contributed by atoms with E-state index in [1.165, 1.54) is 6.07 Å². The van der Waals surface area contributed by atoms with E-state index in [4.69, 9.17) is 0 Å². The molecule has 0 atom stereocenters. The molecule has 0 aliphatic carbocycles. The number of aliphatic hydroxyl groups is 1. The maximum Gasteiger partial charge on any atom is 0.430 e. The minimum absolute atomic E-state index is 0.234. The van der Waals surface area contributed by atoms with Crippen LogP contribution in [0.1, 0.15) is 11.1 Å². The van der Waals surface area contributed by atoms with Crippen LogP contribution in [0.4, 0.5) is 32.0 Å². The van der Waals surface area contributed by atoms with Crippen molar-refractivity contribution in [3.8, 4) is 0 Å². The Labute approximate surface area is 104 Å². The lowest BCUT2D eigenvalue weighted by molar-refractivity contribution is -0.376. The van der Waals surface area contributed by atoms with Crippen LogP contribution >= 0.6 is 0 Å². The van der Waals surface area contributed by atoms with Gasteiger partial charge >= 0.3 is 12.4 Å². The second-order valence-corrected chi connectivity index (χ2v) is 4.22. The molecule has 1 aliphatic heterocycles. The fourth-order valence-electron chi connectivity index (χ4n) is 2.11. The summed E-state index contributed by atoms with van der Waals surface area (Å²) in [6.07, 6.45) is -11.4. The maximum atomic E-state index is 12.8. The third-order valence-corrected chi connectivity index (χ3v) is 3.06. The highest BCUT2D eigenvalue weighted by Crippen LogP contribution is 2.52. The Balaban J connectivity index is 2.68. The minimum Gasteiger partial charge on any atom is -0.384 e. The van der Waals surface area contributed by atoms with Gasteiger partial charge in [-0.1, -0.05) is 18.2 Å². The fourth-order valence-corrected chi connectivity index (χ4v) is 2.11. The van der Waals surface area contributed by atoms with Crippen LogP contribution in [0.25, 0.3) is 0 Å². The van der Waals surface area contributed by atoms with Crippen LogP contribution < -0.4 is 5.32 Å². The SMILES string of the molecule is OC(c1cccc2c1NCC2)(C(F)(F)F)C(F)(F)F. The standard InChI is InChI=1S/C11H9F6NO/c12-10(13,14)9(19,11(15,16)17)7-3-1-2-6-4-5-18-8(6)7/h1-3,18-19H,4-5H2. The second-order valence-electron chi connectivity index (χ2n) is 4.22. The van der Waals surface area contributed by atoms with E-state index in [1.807, 2.05) is 0 Å². The van der Waals surface area contributed by atoms with Crippen LogP contribution in [-0.2, 0) is 12.0 Å². The predicted molar refractivity (Wildman–Crippen MR) is 54.6 cm³/mol. The molecule has 1 aromatic carbocycles. The largest absolute Gasteiger partial charge is 0.430 e. The van der Waals surface area contributed by atoms with Gasteiger partial charge in [0.25, 0.3) is 5.60 Å². The molecule has 8 heteroatoms. The van der Waals surface area contributed by atoms with Gasteiger partial charge in [-0.25, -0.2) is 0 Å². The summed E-state index contributed by atoms with van der Waals surface area (Å²) in [4.78, 5) is 0. The Hall–Kier alpha value is -1.44. The van der Waals surface area contributed by atoms with E-state index in [2.05, 4.69) is 5.32 Å². The minimum atomic E-state index is -5.86. The van der Waals surface area contributed by atoms with Gasteiger partial charge in [0.15, 0.2) is 0 Å². The summed E-state index contributed by atoms with van der Waals surface area (Å²) in [5.41, 5.74) is -6.05. The molecule has 0 spiro atoms. The predicted octanol–water partition coefficient (Wildman–Crippen LogP) is 2.97. The molecule has 0 aromatic heterocycles. The zero-order valence-corrected chi connectivity index (χ0v) is 9.36. The maximum absolute atomic E-state index is 12.8. The van der Waals surface area contributed by atoms with Crippen LogP contribution in [-0.4, -0.2) is 24.0 Å². The van der Waals surface area contributed by atoms with Gasteiger partial charge in [-0.05, 0) is 12.0 Å². The average Bonchev–Trinajstić information content (AvgIpc) is 2.72. The zero-order valence-electron chi connectivity index (χ0n) is 9.36. The molecule has 19 heavy (non-hydrogen) atoms. The van der Waals surface area contributed by atoms with Crippen molar-refractivity contribution in [2.24, 2.45) is 0 Å². The first kappa shape index (κ1) is 14.0. The summed E-state index contributed by atoms with van der Waals surface area (Å²) in [6.45, 7) is 0.234. The molecule has 0 saturated carbocycles. The zero-order chi connectivity index (χ0) is 14.5. The lowest BCUT2D eigenvalue weighted by atomic mass is 9.89. The average molecular weight is 285 g/mol. The van der Waals surface area contributed by atoms with Crippen molar-refractivity contribution < 1.29 is 31.4 Å². The second kappa shape index (κ2) is 4.03. The van der Waals surface area contributed by atoms with Gasteiger partial charge in [0.05, 0.1) is 0 Å². The van der Waals surface area contributed by atoms with Gasteiger partial charge in [0, 0.05) is 17.8 Å². The molecule has 2 nitrogen and oxygen atoms in total. The van der Waals surface area contributed by atoms with Crippen LogP contribution in [0.15, 0.2) is 18.2 Å². The van der Waals surface area contributed by atoms with Gasteiger partial charge in [0.2, 0.25) is 0 Å². The summed E-state index contributed by atoms with van der Waals surface area (Å²) in [5.74, 6) is 0. The van der Waals surface area contributed by atoms with E-state index in [-0.39, 0.29) is 12.2 Å². The van der Waals surface area contributed by atoms with Gasteiger partial charge < -0.3 is 10.4 Å². The van der Waals surface area contributed by atoms with E-state index >= 15 is 0 Å². The molecule has 1 aromatic rings. The Morgan fingerprint density at radius 2 is 1.58 bits per heavy atom. The number of halogens is 6. The highest BCUT2D eigenvalue weighted by Gasteiger charge is 2.72. The van der Waals surface area contributed by atoms with Crippen molar-refractivity contribution in [3.63, 3.8) is 0 Å². The number of anilines is 1. The molecule has 1 heterocycles. The molecule has 0 fully saturated rings. The first-order valence-corrected chi connectivity index (χ1v) is 5.31. The van der Waals surface area contributed by atoms with Gasteiger partial charge in [0.1, 0.15) is 0 Å². The number of alkyl halides is 6. The van der Waals surface area contributed by atoms with E-state index in [9.17, 15) is 31.4 Å². The number of hydrogen-bond donors (Lipinski definition) is 2. The normalized spacial score (nSPS) is 16.2. The highest BCUT2D eigenvalue weighted by atomic mass is 19.4. The fraction of sp³-hybridized carbons (Fsp3) is 0.455. The molecular formula is C11H9F6NO. The Morgan fingerprint density at radius 1 is 1.00 bits per heavy atom. The lowest BCUT2D eigenvalue weighted by Gasteiger charge is -2.33. The van der Waals surface area contributed by atoms with Crippen molar-refractivity contribution in [2.45, 2.75) is 24.4 Å². The topological polar surface area (TPSA) is 32.3 Å². The summed E-state index contributed by atoms with van der Waals surface area (Å²) >= 11 is 0. The Morgan fingerprint density at radius 3 is 2.11 bits per heavy atom. The molecule has 0 radical (unpaired) electrons. The summed E-state index contributed by atoms with van der Waals surface area (Å²) in [7, 11) is 0. The smallest absolute Gasteiger partial charge is 0.384 e. The number of para-hydroxylation sites is 1. The van der Waals surface area contributed by atoms with E-state index in [0.717, 1.165) is 6.07 Å². The quantitative estimate of drug-likeness (QED) is 0.777. The van der Waals surface area contributed by atoms with Crippen LogP contribution in [0.5, 0.6) is 0 Å². The summed E-state index contributed by atoms with van der Waals surface area (Å²) in [6, 6.07) is 3.13. The molecule has 106 valence electrons. The molecule has 0 saturated heterocycles. The van der Waals surface area contributed by atoms with Crippen molar-refractivity contribution >= 4 is 5.69 Å². The van der Waals surface area contributed by atoms with Crippen LogP contribution in [0.3, 0.4) is 0 Å². The van der Waals surface area contributed by atoms with Crippen molar-refractivity contribution in [1.82, 2.24) is 0 Å². The first-order valence-electron chi connectivity index (χ1n) is 5.31. The van der Waals surface area contributed by atoms with Crippen LogP contribution in [0, 0.1) is 0 Å². The molecule has 0 amide bonds. The number of rotatable bonds is 1. The monoisotopic (exact) mass is 285 g/mol. The number of benzene rings is 1. The summed E-state index contributed by atoms with van der Waals surface area (Å²) < 4.78 is 76.5. The number of nitrogens with one attached hydrogen (secondary N) is 1. The third kappa shape index (κ3) is 1.94. The molecule has 1 aliphatic rings. The van der Waals surface area contributed by atoms with Gasteiger partial charge in [-0.2, -0.15) is 26.3 Å². The number of fused-ring (bicyclic) bond motifs is 1.